The second-order valence-electron chi connectivity index (χ2n) is 6.70. The van der Waals surface area contributed by atoms with Crippen LogP contribution in [0.2, 0.25) is 0 Å². The largest absolute Gasteiger partial charge is 0.396 e. The number of aliphatic hydroxyl groups is 1. The van der Waals surface area contributed by atoms with Gasteiger partial charge in [0.1, 0.15) is 11.8 Å². The molecule has 26 heavy (non-hydrogen) atoms. The van der Waals surface area contributed by atoms with E-state index < -0.39 is 36.8 Å². The molecule has 0 radical (unpaired) electrons. The molecule has 3 rings (SSSR count). The highest BCUT2D eigenvalue weighted by Crippen LogP contribution is 2.34. The number of alkyl halides is 2. The number of benzene rings is 1. The van der Waals surface area contributed by atoms with Crippen LogP contribution in [0.25, 0.3) is 0 Å². The van der Waals surface area contributed by atoms with Crippen molar-refractivity contribution in [3.63, 3.8) is 0 Å². The molecule has 6 nitrogen and oxygen atoms in total. The molecule has 8 heteroatoms. The first-order valence-electron chi connectivity index (χ1n) is 8.53. The molecule has 0 unspecified atom stereocenters. The van der Waals surface area contributed by atoms with Gasteiger partial charge in [0, 0.05) is 25.9 Å². The number of halogens is 2. The molecule has 0 aromatic heterocycles. The molecule has 2 aliphatic heterocycles. The number of carbonyl (C=O) groups excluding carboxylic acids is 2. The summed E-state index contributed by atoms with van der Waals surface area (Å²) in [6.45, 7) is 0.428. The Kier molecular flexibility index (Phi) is 5.04. The predicted octanol–water partition coefficient (Wildman–Crippen LogP) is 1.69. The lowest BCUT2D eigenvalue weighted by molar-refractivity contribution is -0.143. The van der Waals surface area contributed by atoms with Gasteiger partial charge in [0.25, 0.3) is 11.8 Å². The van der Waals surface area contributed by atoms with Crippen LogP contribution < -0.4 is 5.01 Å². The van der Waals surface area contributed by atoms with Crippen molar-refractivity contribution in [2.24, 2.45) is 11.0 Å². The Bertz CT molecular complexity index is 724. The zero-order chi connectivity index (χ0) is 18.9. The first kappa shape index (κ1) is 18.4. The van der Waals surface area contributed by atoms with Gasteiger partial charge in [-0.1, -0.05) is 18.2 Å². The fourth-order valence-electron chi connectivity index (χ4n) is 3.31. The Morgan fingerprint density at radius 3 is 2.62 bits per heavy atom. The average molecular weight is 365 g/mol. The number of carbonyl (C=O) groups is 2. The molecule has 2 atom stereocenters. The van der Waals surface area contributed by atoms with E-state index in [1.165, 1.54) is 16.8 Å². The lowest BCUT2D eigenvalue weighted by Crippen LogP contribution is -2.52. The standard InChI is InChI=1S/C18H21F2N3O3/c1-12(25)16-9-15(21-23(16)14-5-3-2-4-6-14)17(26)22-8-7-18(19,20)13(10-22)11-24/h2-6,13,16,24H,7-11H2,1H3/t13-,16-/m1/s1. The molecule has 1 amide bonds. The van der Waals surface area contributed by atoms with Gasteiger partial charge in [0.2, 0.25) is 0 Å². The van der Waals surface area contributed by atoms with Crippen LogP contribution >= 0.6 is 0 Å². The zero-order valence-corrected chi connectivity index (χ0v) is 14.4. The quantitative estimate of drug-likeness (QED) is 0.881. The van der Waals surface area contributed by atoms with Crippen LogP contribution in [0, 0.1) is 5.92 Å². The van der Waals surface area contributed by atoms with E-state index in [1.807, 2.05) is 6.07 Å². The van der Waals surface area contributed by atoms with Crippen LogP contribution in [0.4, 0.5) is 14.5 Å². The first-order valence-corrected chi connectivity index (χ1v) is 8.53. The summed E-state index contributed by atoms with van der Waals surface area (Å²) in [7, 11) is 0. The minimum Gasteiger partial charge on any atom is -0.396 e. The van der Waals surface area contributed by atoms with Crippen molar-refractivity contribution in [2.45, 2.75) is 31.7 Å². The fourth-order valence-corrected chi connectivity index (χ4v) is 3.31. The number of rotatable bonds is 4. The fraction of sp³-hybridized carbons (Fsp3) is 0.500. The second-order valence-corrected chi connectivity index (χ2v) is 6.70. The Morgan fingerprint density at radius 2 is 2.00 bits per heavy atom. The van der Waals surface area contributed by atoms with Gasteiger partial charge >= 0.3 is 0 Å². The van der Waals surface area contributed by atoms with Crippen LogP contribution in [-0.2, 0) is 9.59 Å². The molecule has 140 valence electrons. The summed E-state index contributed by atoms with van der Waals surface area (Å²) in [5.41, 5.74) is 0.866. The van der Waals surface area contributed by atoms with Crippen LogP contribution in [0.3, 0.4) is 0 Å². The molecule has 1 aromatic rings. The van der Waals surface area contributed by atoms with E-state index in [0.717, 1.165) is 0 Å². The third kappa shape index (κ3) is 3.46. The number of aliphatic hydroxyl groups excluding tert-OH is 1. The lowest BCUT2D eigenvalue weighted by atomic mass is 9.93. The van der Waals surface area contributed by atoms with Crippen molar-refractivity contribution in [3.05, 3.63) is 30.3 Å². The van der Waals surface area contributed by atoms with E-state index in [9.17, 15) is 23.5 Å². The van der Waals surface area contributed by atoms with Gasteiger partial charge in [-0.15, -0.1) is 0 Å². The van der Waals surface area contributed by atoms with Gasteiger partial charge in [-0.3, -0.25) is 14.6 Å². The summed E-state index contributed by atoms with van der Waals surface area (Å²) >= 11 is 0. The number of hydrogen-bond acceptors (Lipinski definition) is 5. The summed E-state index contributed by atoms with van der Waals surface area (Å²) < 4.78 is 27.5. The maximum Gasteiger partial charge on any atom is 0.270 e. The van der Waals surface area contributed by atoms with Gasteiger partial charge in [-0.2, -0.15) is 5.10 Å². The van der Waals surface area contributed by atoms with Gasteiger partial charge in [-0.05, 0) is 19.1 Å². The molecule has 0 aliphatic carbocycles. The van der Waals surface area contributed by atoms with E-state index in [1.54, 1.807) is 24.3 Å². The molecule has 2 aliphatic rings. The summed E-state index contributed by atoms with van der Waals surface area (Å²) in [4.78, 5) is 26.0. The minimum absolute atomic E-state index is 0.0998. The molecule has 1 aromatic carbocycles. The molecule has 0 spiro atoms. The van der Waals surface area contributed by atoms with Crippen molar-refractivity contribution in [3.8, 4) is 0 Å². The molecule has 2 heterocycles. The molecule has 0 saturated carbocycles. The summed E-state index contributed by atoms with van der Waals surface area (Å²) in [5, 5.41) is 15.0. The number of hydrazone groups is 1. The van der Waals surface area contributed by atoms with E-state index in [0.29, 0.717) is 5.69 Å². The van der Waals surface area contributed by atoms with E-state index >= 15 is 0 Å². The number of amides is 1. The maximum atomic E-state index is 13.8. The summed E-state index contributed by atoms with van der Waals surface area (Å²) in [6.07, 6.45) is -0.352. The van der Waals surface area contributed by atoms with Crippen molar-refractivity contribution in [1.29, 1.82) is 0 Å². The number of Topliss-reactive ketones (excluding diaryl/α,β-unsaturated/α-hetero) is 1. The van der Waals surface area contributed by atoms with Gasteiger partial charge in [-0.25, -0.2) is 8.78 Å². The molecular formula is C18H21F2N3O3. The zero-order valence-electron chi connectivity index (χ0n) is 14.4. The monoisotopic (exact) mass is 365 g/mol. The molecular weight excluding hydrogens is 344 g/mol. The number of nitrogens with zero attached hydrogens (tertiary/aromatic N) is 3. The third-order valence-corrected chi connectivity index (χ3v) is 4.91. The van der Waals surface area contributed by atoms with E-state index in [4.69, 9.17) is 0 Å². The Morgan fingerprint density at radius 1 is 1.31 bits per heavy atom. The normalized spacial score (nSPS) is 25.2. The number of anilines is 1. The van der Waals surface area contributed by atoms with Crippen LogP contribution in [0.15, 0.2) is 35.4 Å². The SMILES string of the molecule is CC(=O)[C@H]1CC(C(=O)N2CCC(F)(F)[C@@H](CO)C2)=NN1c1ccccc1. The highest BCUT2D eigenvalue weighted by Gasteiger charge is 2.46. The summed E-state index contributed by atoms with van der Waals surface area (Å²) in [5.74, 6) is -4.85. The van der Waals surface area contributed by atoms with Crippen LogP contribution in [0.5, 0.6) is 0 Å². The smallest absolute Gasteiger partial charge is 0.270 e. The topological polar surface area (TPSA) is 73.2 Å². The molecule has 1 saturated heterocycles. The molecule has 1 fully saturated rings. The van der Waals surface area contributed by atoms with E-state index in [-0.39, 0.29) is 31.0 Å². The van der Waals surface area contributed by atoms with Crippen molar-refractivity contribution < 1.29 is 23.5 Å². The third-order valence-electron chi connectivity index (χ3n) is 4.91. The number of para-hydroxylation sites is 1. The Balaban J connectivity index is 1.80. The van der Waals surface area contributed by atoms with Gasteiger partial charge in [0.15, 0.2) is 5.78 Å². The molecule has 1 N–H and O–H groups in total. The number of hydrogen-bond donors (Lipinski definition) is 1. The van der Waals surface area contributed by atoms with Gasteiger partial charge < -0.3 is 10.0 Å². The van der Waals surface area contributed by atoms with Crippen LogP contribution in [0.1, 0.15) is 19.8 Å². The predicted molar refractivity (Wildman–Crippen MR) is 92.2 cm³/mol. The molecule has 0 bridgehead atoms. The van der Waals surface area contributed by atoms with Crippen molar-refractivity contribution in [2.75, 3.05) is 24.7 Å². The van der Waals surface area contributed by atoms with Gasteiger partial charge in [0.05, 0.1) is 18.2 Å². The Labute approximate surface area is 150 Å². The van der Waals surface area contributed by atoms with Crippen molar-refractivity contribution >= 4 is 23.1 Å². The highest BCUT2D eigenvalue weighted by molar-refractivity contribution is 6.40. The number of likely N-dealkylation sites (tertiary alicyclic amines) is 1. The summed E-state index contributed by atoms with van der Waals surface area (Å²) in [6, 6.07) is 8.44. The average Bonchev–Trinajstić information content (AvgIpc) is 3.07. The second kappa shape index (κ2) is 7.11. The van der Waals surface area contributed by atoms with E-state index in [2.05, 4.69) is 5.10 Å². The maximum absolute atomic E-state index is 13.8. The number of piperidine rings is 1. The lowest BCUT2D eigenvalue weighted by Gasteiger charge is -2.37. The highest BCUT2D eigenvalue weighted by atomic mass is 19.3. The first-order chi connectivity index (χ1) is 12.3. The minimum atomic E-state index is -2.99. The number of ketones is 1. The van der Waals surface area contributed by atoms with Crippen LogP contribution in [-0.4, -0.2) is 59.1 Å². The van der Waals surface area contributed by atoms with Crippen molar-refractivity contribution in [1.82, 2.24) is 4.90 Å². The Hall–Kier alpha value is -2.35.